The van der Waals surface area contributed by atoms with E-state index in [0.717, 1.165) is 42.8 Å². The minimum atomic E-state index is -0.447. The van der Waals surface area contributed by atoms with Gasteiger partial charge in [0.1, 0.15) is 18.5 Å². The molecular formula is C17H27NO2. The van der Waals surface area contributed by atoms with Crippen LogP contribution in [0.1, 0.15) is 49.5 Å². The Morgan fingerprint density at radius 3 is 2.45 bits per heavy atom. The Morgan fingerprint density at radius 1 is 1.20 bits per heavy atom. The van der Waals surface area contributed by atoms with Gasteiger partial charge in [0.2, 0.25) is 0 Å². The molecule has 0 saturated carbocycles. The van der Waals surface area contributed by atoms with Crippen molar-refractivity contribution in [3.8, 4) is 5.75 Å². The summed E-state index contributed by atoms with van der Waals surface area (Å²) in [5, 5.41) is 10.8. The number of aliphatic hydroxyl groups excluding tert-OH is 1. The van der Waals surface area contributed by atoms with Gasteiger partial charge < -0.3 is 9.84 Å². The van der Waals surface area contributed by atoms with Crippen LogP contribution in [0.3, 0.4) is 0 Å². The van der Waals surface area contributed by atoms with Crippen molar-refractivity contribution in [3.05, 3.63) is 28.8 Å². The van der Waals surface area contributed by atoms with Crippen LogP contribution in [0.2, 0.25) is 0 Å². The summed E-state index contributed by atoms with van der Waals surface area (Å²) in [5.41, 5.74) is 3.29. The summed E-state index contributed by atoms with van der Waals surface area (Å²) in [6.07, 6.45) is 1.75. The third-order valence-electron chi connectivity index (χ3n) is 4.05. The van der Waals surface area contributed by atoms with Gasteiger partial charge in [0.25, 0.3) is 0 Å². The van der Waals surface area contributed by atoms with Gasteiger partial charge in [-0.15, -0.1) is 0 Å². The molecule has 2 unspecified atom stereocenters. The molecule has 0 amide bonds. The molecule has 2 rings (SSSR count). The van der Waals surface area contributed by atoms with E-state index in [2.05, 4.69) is 38.7 Å². The van der Waals surface area contributed by atoms with Crippen LogP contribution in [0.25, 0.3) is 0 Å². The number of benzene rings is 1. The van der Waals surface area contributed by atoms with Crippen LogP contribution < -0.4 is 4.74 Å². The summed E-state index contributed by atoms with van der Waals surface area (Å²) >= 11 is 0. The zero-order valence-corrected chi connectivity index (χ0v) is 13.1. The van der Waals surface area contributed by atoms with Crippen molar-refractivity contribution in [1.29, 1.82) is 0 Å². The normalized spacial score (nSPS) is 21.7. The molecule has 112 valence electrons. The average molecular weight is 277 g/mol. The van der Waals surface area contributed by atoms with E-state index in [4.69, 9.17) is 4.74 Å². The van der Waals surface area contributed by atoms with Crippen LogP contribution in [-0.4, -0.2) is 35.7 Å². The van der Waals surface area contributed by atoms with E-state index >= 15 is 0 Å². The van der Waals surface area contributed by atoms with E-state index < -0.39 is 6.10 Å². The number of aliphatic hydroxyl groups is 1. The minimum absolute atomic E-state index is 0.0730. The monoisotopic (exact) mass is 277 g/mol. The number of hydrogen-bond acceptors (Lipinski definition) is 3. The summed E-state index contributed by atoms with van der Waals surface area (Å²) in [5.74, 6) is 0.860. The van der Waals surface area contributed by atoms with Gasteiger partial charge in [-0.1, -0.05) is 19.9 Å². The van der Waals surface area contributed by atoms with E-state index in [0.29, 0.717) is 6.61 Å². The number of hydrogen-bond donors (Lipinski definition) is 1. The van der Waals surface area contributed by atoms with Crippen LogP contribution >= 0.6 is 0 Å². The second-order valence-electron chi connectivity index (χ2n) is 5.85. The van der Waals surface area contributed by atoms with Crippen LogP contribution in [0.15, 0.2) is 12.1 Å². The molecule has 1 aromatic rings. The lowest BCUT2D eigenvalue weighted by atomic mass is 9.92. The molecule has 0 radical (unpaired) electrons. The lowest BCUT2D eigenvalue weighted by Crippen LogP contribution is -2.46. The van der Waals surface area contributed by atoms with Crippen molar-refractivity contribution in [2.45, 2.75) is 52.7 Å². The molecule has 2 atom stereocenters. The Bertz CT molecular complexity index is 453. The highest BCUT2D eigenvalue weighted by Crippen LogP contribution is 2.37. The van der Waals surface area contributed by atoms with Crippen LogP contribution in [-0.2, 0) is 0 Å². The van der Waals surface area contributed by atoms with E-state index in [1.54, 1.807) is 0 Å². The molecule has 1 N–H and O–H groups in total. The Balaban J connectivity index is 2.28. The number of fused-ring (bicyclic) bond motifs is 1. The lowest BCUT2D eigenvalue weighted by Gasteiger charge is -2.39. The molecule has 3 nitrogen and oxygen atoms in total. The summed E-state index contributed by atoms with van der Waals surface area (Å²) in [6.45, 7) is 11.1. The van der Waals surface area contributed by atoms with Crippen molar-refractivity contribution in [2.24, 2.45) is 0 Å². The Morgan fingerprint density at radius 2 is 1.85 bits per heavy atom. The largest absolute Gasteiger partial charge is 0.491 e. The number of ether oxygens (including phenoxy) is 1. The summed E-state index contributed by atoms with van der Waals surface area (Å²) in [4.78, 5) is 2.37. The molecule has 1 aliphatic heterocycles. The van der Waals surface area contributed by atoms with Crippen LogP contribution in [0, 0.1) is 13.8 Å². The first-order chi connectivity index (χ1) is 9.58. The standard InChI is InChI=1S/C17H27NO2/c1-5-7-18(8-6-2)14-11-20-15-10-12(3)9-13(4)16(15)17(14)19/h9-10,14,17,19H,5-8,11H2,1-4H3. The first-order valence-corrected chi connectivity index (χ1v) is 7.74. The number of rotatable bonds is 5. The predicted octanol–water partition coefficient (Wildman–Crippen LogP) is 3.22. The maximum atomic E-state index is 10.8. The number of nitrogens with zero attached hydrogens (tertiary/aromatic N) is 1. The highest BCUT2D eigenvalue weighted by atomic mass is 16.5. The van der Waals surface area contributed by atoms with Gasteiger partial charge in [0.15, 0.2) is 0 Å². The highest BCUT2D eigenvalue weighted by Gasteiger charge is 2.34. The van der Waals surface area contributed by atoms with E-state index in [1.807, 2.05) is 6.07 Å². The quantitative estimate of drug-likeness (QED) is 0.897. The summed E-state index contributed by atoms with van der Waals surface area (Å²) < 4.78 is 5.94. The SMILES string of the molecule is CCCN(CCC)C1COc2cc(C)cc(C)c2C1O. The molecule has 0 aromatic heterocycles. The molecule has 1 heterocycles. The van der Waals surface area contributed by atoms with Gasteiger partial charge in [-0.05, 0) is 57.0 Å². The maximum absolute atomic E-state index is 10.8. The fourth-order valence-corrected chi connectivity index (χ4v) is 3.22. The molecule has 1 aliphatic rings. The smallest absolute Gasteiger partial charge is 0.125 e. The zero-order valence-electron chi connectivity index (χ0n) is 13.1. The van der Waals surface area contributed by atoms with Crippen molar-refractivity contribution in [2.75, 3.05) is 19.7 Å². The average Bonchev–Trinajstić information content (AvgIpc) is 2.38. The zero-order chi connectivity index (χ0) is 14.7. The van der Waals surface area contributed by atoms with Crippen molar-refractivity contribution >= 4 is 0 Å². The fourth-order valence-electron chi connectivity index (χ4n) is 3.22. The Kier molecular flexibility index (Phi) is 5.06. The van der Waals surface area contributed by atoms with Gasteiger partial charge >= 0.3 is 0 Å². The first-order valence-electron chi connectivity index (χ1n) is 7.74. The molecular weight excluding hydrogens is 250 g/mol. The van der Waals surface area contributed by atoms with Gasteiger partial charge in [0.05, 0.1) is 6.04 Å². The van der Waals surface area contributed by atoms with Gasteiger partial charge in [0, 0.05) is 5.56 Å². The van der Waals surface area contributed by atoms with E-state index in [9.17, 15) is 5.11 Å². The molecule has 0 fully saturated rings. The van der Waals surface area contributed by atoms with Crippen molar-refractivity contribution in [3.63, 3.8) is 0 Å². The minimum Gasteiger partial charge on any atom is -0.491 e. The fraction of sp³-hybridized carbons (Fsp3) is 0.647. The highest BCUT2D eigenvalue weighted by molar-refractivity contribution is 5.46. The molecule has 3 heteroatoms. The predicted molar refractivity (Wildman–Crippen MR) is 82.3 cm³/mol. The molecule has 0 aliphatic carbocycles. The summed E-state index contributed by atoms with van der Waals surface area (Å²) in [6, 6.07) is 4.23. The van der Waals surface area contributed by atoms with Gasteiger partial charge in [-0.2, -0.15) is 0 Å². The van der Waals surface area contributed by atoms with Gasteiger partial charge in [-0.3, -0.25) is 4.90 Å². The second-order valence-corrected chi connectivity index (χ2v) is 5.85. The van der Waals surface area contributed by atoms with E-state index in [-0.39, 0.29) is 6.04 Å². The molecule has 0 saturated heterocycles. The lowest BCUT2D eigenvalue weighted by molar-refractivity contribution is 0.00287. The molecule has 0 bridgehead atoms. The third kappa shape index (κ3) is 2.99. The van der Waals surface area contributed by atoms with Crippen LogP contribution in [0.4, 0.5) is 0 Å². The maximum Gasteiger partial charge on any atom is 0.125 e. The summed E-state index contributed by atoms with van der Waals surface area (Å²) in [7, 11) is 0. The molecule has 0 spiro atoms. The Labute approximate surface area is 122 Å². The van der Waals surface area contributed by atoms with Gasteiger partial charge in [-0.25, -0.2) is 0 Å². The van der Waals surface area contributed by atoms with Crippen LogP contribution in [0.5, 0.6) is 5.75 Å². The Hall–Kier alpha value is -1.06. The van der Waals surface area contributed by atoms with Crippen molar-refractivity contribution in [1.82, 2.24) is 4.90 Å². The second kappa shape index (κ2) is 6.59. The van der Waals surface area contributed by atoms with Crippen molar-refractivity contribution < 1.29 is 9.84 Å². The topological polar surface area (TPSA) is 32.7 Å². The van der Waals surface area contributed by atoms with E-state index in [1.165, 1.54) is 5.56 Å². The number of aryl methyl sites for hydroxylation is 2. The first kappa shape index (κ1) is 15.3. The third-order valence-corrected chi connectivity index (χ3v) is 4.05. The molecule has 20 heavy (non-hydrogen) atoms. The molecule has 1 aromatic carbocycles.